The molecule has 134 valence electrons. The van der Waals surface area contributed by atoms with Crippen LogP contribution in [-0.4, -0.2) is 19.6 Å². The summed E-state index contributed by atoms with van der Waals surface area (Å²) in [7, 11) is 0. The van der Waals surface area contributed by atoms with Crippen LogP contribution in [0.5, 0.6) is 5.75 Å². The Labute approximate surface area is 155 Å². The van der Waals surface area contributed by atoms with Crippen LogP contribution in [0.1, 0.15) is 29.5 Å². The van der Waals surface area contributed by atoms with Gasteiger partial charge in [0.2, 0.25) is 0 Å². The van der Waals surface area contributed by atoms with Crippen LogP contribution in [-0.2, 0) is 13.2 Å². The predicted octanol–water partition coefficient (Wildman–Crippen LogP) is 4.32. The second kappa shape index (κ2) is 9.23. The van der Waals surface area contributed by atoms with Gasteiger partial charge in [0.1, 0.15) is 12.4 Å². The highest BCUT2D eigenvalue weighted by Gasteiger charge is 2.13. The number of halogens is 1. The fourth-order valence-electron chi connectivity index (χ4n) is 3.29. The van der Waals surface area contributed by atoms with E-state index in [1.165, 1.54) is 24.0 Å². The minimum Gasteiger partial charge on any atom is -0.489 e. The zero-order valence-electron chi connectivity index (χ0n) is 14.9. The Morgan fingerprint density at radius 1 is 1.16 bits per heavy atom. The van der Waals surface area contributed by atoms with Gasteiger partial charge in [0.25, 0.3) is 0 Å². The van der Waals surface area contributed by atoms with Crippen LogP contribution in [0.15, 0.2) is 42.5 Å². The molecule has 0 saturated carbocycles. The van der Waals surface area contributed by atoms with Crippen molar-refractivity contribution < 1.29 is 4.74 Å². The van der Waals surface area contributed by atoms with Gasteiger partial charge >= 0.3 is 0 Å². The molecule has 0 bridgehead atoms. The highest BCUT2D eigenvalue weighted by molar-refractivity contribution is 6.30. The number of aryl methyl sites for hydroxylation is 1. The molecule has 2 aromatic carbocycles. The SMILES string of the molecule is Cc1cccc(COc2ccc(Cl)cc2CNCC2CCNCC2)c1. The molecule has 1 aliphatic rings. The van der Waals surface area contributed by atoms with E-state index in [9.17, 15) is 0 Å². The van der Waals surface area contributed by atoms with Gasteiger partial charge < -0.3 is 15.4 Å². The maximum Gasteiger partial charge on any atom is 0.124 e. The second-order valence-electron chi connectivity index (χ2n) is 6.85. The van der Waals surface area contributed by atoms with Gasteiger partial charge in [-0.3, -0.25) is 0 Å². The summed E-state index contributed by atoms with van der Waals surface area (Å²) < 4.78 is 6.07. The van der Waals surface area contributed by atoms with Crippen LogP contribution >= 0.6 is 11.6 Å². The molecule has 0 amide bonds. The smallest absolute Gasteiger partial charge is 0.124 e. The molecule has 1 fully saturated rings. The maximum atomic E-state index is 6.19. The molecule has 1 heterocycles. The van der Waals surface area contributed by atoms with E-state index in [0.29, 0.717) is 6.61 Å². The van der Waals surface area contributed by atoms with E-state index in [2.05, 4.69) is 41.8 Å². The van der Waals surface area contributed by atoms with Crippen molar-refractivity contribution in [3.63, 3.8) is 0 Å². The molecule has 25 heavy (non-hydrogen) atoms. The molecule has 0 atom stereocenters. The van der Waals surface area contributed by atoms with Crippen LogP contribution in [0.2, 0.25) is 5.02 Å². The molecule has 1 aliphatic heterocycles. The number of piperidine rings is 1. The number of rotatable bonds is 7. The molecule has 0 aromatic heterocycles. The van der Waals surface area contributed by atoms with E-state index < -0.39 is 0 Å². The Balaban J connectivity index is 1.57. The Bertz CT molecular complexity index is 683. The zero-order chi connectivity index (χ0) is 17.5. The lowest BCUT2D eigenvalue weighted by atomic mass is 9.98. The Hall–Kier alpha value is -1.55. The molecule has 1 saturated heterocycles. The van der Waals surface area contributed by atoms with E-state index in [1.807, 2.05) is 18.2 Å². The Morgan fingerprint density at radius 3 is 2.80 bits per heavy atom. The first-order valence-electron chi connectivity index (χ1n) is 9.09. The summed E-state index contributed by atoms with van der Waals surface area (Å²) in [5.74, 6) is 1.67. The molecule has 3 nitrogen and oxygen atoms in total. The number of hydrogen-bond acceptors (Lipinski definition) is 3. The Kier molecular flexibility index (Phi) is 6.74. The van der Waals surface area contributed by atoms with Crippen molar-refractivity contribution in [2.45, 2.75) is 32.9 Å². The van der Waals surface area contributed by atoms with Crippen LogP contribution in [0, 0.1) is 12.8 Å². The van der Waals surface area contributed by atoms with Gasteiger partial charge in [0.05, 0.1) is 0 Å². The van der Waals surface area contributed by atoms with Crippen molar-refractivity contribution >= 4 is 11.6 Å². The molecule has 0 aliphatic carbocycles. The van der Waals surface area contributed by atoms with E-state index in [0.717, 1.165) is 48.4 Å². The molecular formula is C21H27ClN2O. The number of hydrogen-bond donors (Lipinski definition) is 2. The quantitative estimate of drug-likeness (QED) is 0.773. The molecule has 2 N–H and O–H groups in total. The monoisotopic (exact) mass is 358 g/mol. The highest BCUT2D eigenvalue weighted by atomic mass is 35.5. The minimum atomic E-state index is 0.574. The van der Waals surface area contributed by atoms with Crippen molar-refractivity contribution in [3.8, 4) is 5.75 Å². The van der Waals surface area contributed by atoms with Gasteiger partial charge in [-0.05, 0) is 69.1 Å². The topological polar surface area (TPSA) is 33.3 Å². The third-order valence-electron chi connectivity index (χ3n) is 4.71. The van der Waals surface area contributed by atoms with Crippen molar-refractivity contribution in [1.82, 2.24) is 10.6 Å². The normalized spacial score (nSPS) is 15.3. The van der Waals surface area contributed by atoms with Crippen molar-refractivity contribution in [3.05, 3.63) is 64.2 Å². The summed E-state index contributed by atoms with van der Waals surface area (Å²) in [5.41, 5.74) is 3.55. The molecule has 4 heteroatoms. The van der Waals surface area contributed by atoms with E-state index in [1.54, 1.807) is 0 Å². The van der Waals surface area contributed by atoms with E-state index in [-0.39, 0.29) is 0 Å². The van der Waals surface area contributed by atoms with Crippen LogP contribution in [0.3, 0.4) is 0 Å². The van der Waals surface area contributed by atoms with Crippen LogP contribution in [0.25, 0.3) is 0 Å². The largest absolute Gasteiger partial charge is 0.489 e. The van der Waals surface area contributed by atoms with Gasteiger partial charge in [-0.2, -0.15) is 0 Å². The minimum absolute atomic E-state index is 0.574. The van der Waals surface area contributed by atoms with Gasteiger partial charge in [-0.25, -0.2) is 0 Å². The van der Waals surface area contributed by atoms with Gasteiger partial charge in [0, 0.05) is 17.1 Å². The fourth-order valence-corrected chi connectivity index (χ4v) is 3.48. The first-order chi connectivity index (χ1) is 12.2. The summed E-state index contributed by atoms with van der Waals surface area (Å²) in [6.07, 6.45) is 2.50. The lowest BCUT2D eigenvalue weighted by Crippen LogP contribution is -2.33. The summed E-state index contributed by atoms with van der Waals surface area (Å²) in [6, 6.07) is 14.3. The summed E-state index contributed by atoms with van der Waals surface area (Å²) >= 11 is 6.19. The fraction of sp³-hybridized carbons (Fsp3) is 0.429. The van der Waals surface area contributed by atoms with Crippen LogP contribution in [0.4, 0.5) is 0 Å². The van der Waals surface area contributed by atoms with Gasteiger partial charge in [-0.1, -0.05) is 41.4 Å². The van der Waals surface area contributed by atoms with E-state index in [4.69, 9.17) is 16.3 Å². The highest BCUT2D eigenvalue weighted by Crippen LogP contribution is 2.24. The lowest BCUT2D eigenvalue weighted by molar-refractivity contribution is 0.300. The second-order valence-corrected chi connectivity index (χ2v) is 7.29. The molecule has 0 radical (unpaired) electrons. The third-order valence-corrected chi connectivity index (χ3v) is 4.94. The summed E-state index contributed by atoms with van der Waals surface area (Å²) in [5, 5.41) is 7.74. The molecule has 3 rings (SSSR count). The number of ether oxygens (including phenoxy) is 1. The lowest BCUT2D eigenvalue weighted by Gasteiger charge is -2.23. The number of nitrogens with one attached hydrogen (secondary N) is 2. The summed E-state index contributed by atoms with van der Waals surface area (Å²) in [6.45, 7) is 6.77. The van der Waals surface area contributed by atoms with Gasteiger partial charge in [0.15, 0.2) is 0 Å². The van der Waals surface area contributed by atoms with Crippen LogP contribution < -0.4 is 15.4 Å². The molecule has 2 aromatic rings. The van der Waals surface area contributed by atoms with Crippen molar-refractivity contribution in [2.75, 3.05) is 19.6 Å². The average Bonchev–Trinajstić information content (AvgIpc) is 2.62. The standard InChI is InChI=1S/C21H27ClN2O/c1-16-3-2-4-18(11-16)15-25-21-6-5-20(22)12-19(21)14-24-13-17-7-9-23-10-8-17/h2-6,11-12,17,23-24H,7-10,13-15H2,1H3. The third kappa shape index (κ3) is 5.74. The van der Waals surface area contributed by atoms with Gasteiger partial charge in [-0.15, -0.1) is 0 Å². The molecular weight excluding hydrogens is 332 g/mol. The first kappa shape index (κ1) is 18.2. The van der Waals surface area contributed by atoms with E-state index >= 15 is 0 Å². The molecule has 0 spiro atoms. The average molecular weight is 359 g/mol. The van der Waals surface area contributed by atoms with Crippen molar-refractivity contribution in [1.29, 1.82) is 0 Å². The summed E-state index contributed by atoms with van der Waals surface area (Å²) in [4.78, 5) is 0. The first-order valence-corrected chi connectivity index (χ1v) is 9.47. The zero-order valence-corrected chi connectivity index (χ0v) is 15.6. The Morgan fingerprint density at radius 2 is 2.00 bits per heavy atom. The number of benzene rings is 2. The predicted molar refractivity (Wildman–Crippen MR) is 104 cm³/mol. The maximum absolute atomic E-state index is 6.19. The molecule has 0 unspecified atom stereocenters. The van der Waals surface area contributed by atoms with Crippen molar-refractivity contribution in [2.24, 2.45) is 5.92 Å².